The number of unbranched alkanes of at least 4 members (excludes halogenated alkanes) is 1. The first-order valence-corrected chi connectivity index (χ1v) is 6.13. The second kappa shape index (κ2) is 6.89. The molecule has 1 rings (SSSR count). The molecule has 1 amide bonds. The molecule has 94 valence electrons. The number of hydrogen-bond donors (Lipinski definition) is 2. The monoisotopic (exact) mass is 235 g/mol. The van der Waals surface area contributed by atoms with E-state index in [2.05, 4.69) is 22.5 Å². The molecule has 1 atom stereocenters. The zero-order chi connectivity index (χ0) is 12.7. The lowest BCUT2D eigenvalue weighted by Crippen LogP contribution is -2.33. The third-order valence-electron chi connectivity index (χ3n) is 2.61. The molecular formula is C13H21N3O. The Morgan fingerprint density at radius 1 is 1.47 bits per heavy atom. The molecule has 4 heteroatoms. The summed E-state index contributed by atoms with van der Waals surface area (Å²) < 4.78 is 0. The Bertz CT molecular complexity index is 365. The summed E-state index contributed by atoms with van der Waals surface area (Å²) >= 11 is 0. The fourth-order valence-electron chi connectivity index (χ4n) is 1.58. The molecule has 0 radical (unpaired) electrons. The van der Waals surface area contributed by atoms with Gasteiger partial charge < -0.3 is 10.6 Å². The van der Waals surface area contributed by atoms with Crippen LogP contribution in [0.4, 0.5) is 5.82 Å². The lowest BCUT2D eigenvalue weighted by molar-refractivity contribution is 0.0933. The standard InChI is InChI=1S/C13H21N3O/c1-4-5-7-10(2)15-13(17)11-8-6-9-12(14-3)16-11/h6,8-10H,4-5,7H2,1-3H3,(H,14,16)(H,15,17). The number of anilines is 1. The van der Waals surface area contributed by atoms with Crippen LogP contribution in [0.15, 0.2) is 18.2 Å². The molecule has 0 spiro atoms. The average Bonchev–Trinajstić information content (AvgIpc) is 2.36. The van der Waals surface area contributed by atoms with Gasteiger partial charge >= 0.3 is 0 Å². The molecule has 2 N–H and O–H groups in total. The van der Waals surface area contributed by atoms with E-state index < -0.39 is 0 Å². The highest BCUT2D eigenvalue weighted by molar-refractivity contribution is 5.92. The molecule has 1 aromatic rings. The van der Waals surface area contributed by atoms with Crippen LogP contribution in [0, 0.1) is 0 Å². The van der Waals surface area contributed by atoms with Crippen LogP contribution in [-0.4, -0.2) is 24.0 Å². The third-order valence-corrected chi connectivity index (χ3v) is 2.61. The number of carbonyl (C=O) groups excluding carboxylic acids is 1. The third kappa shape index (κ3) is 4.43. The number of nitrogens with zero attached hydrogens (tertiary/aromatic N) is 1. The van der Waals surface area contributed by atoms with Gasteiger partial charge in [-0.2, -0.15) is 0 Å². The zero-order valence-electron chi connectivity index (χ0n) is 10.8. The first-order chi connectivity index (χ1) is 8.17. The number of rotatable bonds is 6. The van der Waals surface area contributed by atoms with Gasteiger partial charge in [0.05, 0.1) is 0 Å². The van der Waals surface area contributed by atoms with Crippen LogP contribution in [0.5, 0.6) is 0 Å². The van der Waals surface area contributed by atoms with E-state index in [4.69, 9.17) is 0 Å². The summed E-state index contributed by atoms with van der Waals surface area (Å²) in [6, 6.07) is 5.58. The maximum atomic E-state index is 11.9. The van der Waals surface area contributed by atoms with Crippen LogP contribution < -0.4 is 10.6 Å². The van der Waals surface area contributed by atoms with Gasteiger partial charge in [-0.15, -0.1) is 0 Å². The van der Waals surface area contributed by atoms with Crippen molar-refractivity contribution < 1.29 is 4.79 Å². The molecule has 1 unspecified atom stereocenters. The maximum Gasteiger partial charge on any atom is 0.270 e. The quantitative estimate of drug-likeness (QED) is 0.796. The number of nitrogens with one attached hydrogen (secondary N) is 2. The Morgan fingerprint density at radius 3 is 2.88 bits per heavy atom. The summed E-state index contributed by atoms with van der Waals surface area (Å²) in [7, 11) is 1.79. The SMILES string of the molecule is CCCCC(C)NC(=O)c1cccc(NC)n1. The Labute approximate surface area is 103 Å². The van der Waals surface area contributed by atoms with Gasteiger partial charge in [0.25, 0.3) is 5.91 Å². The van der Waals surface area contributed by atoms with Crippen molar-refractivity contribution in [3.63, 3.8) is 0 Å². The molecule has 0 aliphatic heterocycles. The minimum absolute atomic E-state index is 0.106. The summed E-state index contributed by atoms with van der Waals surface area (Å²) in [6.45, 7) is 4.17. The highest BCUT2D eigenvalue weighted by Gasteiger charge is 2.10. The molecule has 0 fully saturated rings. The van der Waals surface area contributed by atoms with Gasteiger partial charge in [-0.1, -0.05) is 25.8 Å². The van der Waals surface area contributed by atoms with Gasteiger partial charge in [0, 0.05) is 13.1 Å². The van der Waals surface area contributed by atoms with E-state index in [1.807, 2.05) is 19.1 Å². The number of hydrogen-bond acceptors (Lipinski definition) is 3. The molecule has 4 nitrogen and oxygen atoms in total. The molecule has 17 heavy (non-hydrogen) atoms. The van der Waals surface area contributed by atoms with E-state index in [1.54, 1.807) is 13.1 Å². The summed E-state index contributed by atoms with van der Waals surface area (Å²) in [6.07, 6.45) is 3.28. The van der Waals surface area contributed by atoms with Crippen molar-refractivity contribution in [2.24, 2.45) is 0 Å². The first-order valence-electron chi connectivity index (χ1n) is 6.13. The highest BCUT2D eigenvalue weighted by Crippen LogP contribution is 2.05. The summed E-state index contributed by atoms with van der Waals surface area (Å²) in [5, 5.41) is 5.87. The van der Waals surface area contributed by atoms with E-state index >= 15 is 0 Å². The van der Waals surface area contributed by atoms with Crippen LogP contribution in [-0.2, 0) is 0 Å². The number of aromatic nitrogens is 1. The van der Waals surface area contributed by atoms with Crippen LogP contribution in [0.3, 0.4) is 0 Å². The Morgan fingerprint density at radius 2 is 2.24 bits per heavy atom. The Kier molecular flexibility index (Phi) is 5.46. The van der Waals surface area contributed by atoms with Crippen molar-refractivity contribution in [1.29, 1.82) is 0 Å². The van der Waals surface area contributed by atoms with Gasteiger partial charge in [0.1, 0.15) is 11.5 Å². The normalized spacial score (nSPS) is 11.9. The van der Waals surface area contributed by atoms with Crippen molar-refractivity contribution in [2.45, 2.75) is 39.2 Å². The Hall–Kier alpha value is -1.58. The predicted molar refractivity (Wildman–Crippen MR) is 70.2 cm³/mol. The molecule has 0 aliphatic carbocycles. The van der Waals surface area contributed by atoms with E-state index in [1.165, 1.54) is 0 Å². The molecule has 1 aromatic heterocycles. The number of pyridine rings is 1. The molecule has 1 heterocycles. The minimum Gasteiger partial charge on any atom is -0.373 e. The molecule has 0 saturated heterocycles. The predicted octanol–water partition coefficient (Wildman–Crippen LogP) is 2.43. The second-order valence-corrected chi connectivity index (χ2v) is 4.17. The maximum absolute atomic E-state index is 11.9. The van der Waals surface area contributed by atoms with E-state index in [9.17, 15) is 4.79 Å². The second-order valence-electron chi connectivity index (χ2n) is 4.17. The van der Waals surface area contributed by atoms with E-state index in [0.717, 1.165) is 19.3 Å². The number of carbonyl (C=O) groups is 1. The summed E-state index contributed by atoms with van der Waals surface area (Å²) in [4.78, 5) is 16.1. The topological polar surface area (TPSA) is 54.0 Å². The first kappa shape index (κ1) is 13.5. The molecule has 0 aliphatic rings. The summed E-state index contributed by atoms with van der Waals surface area (Å²) in [5.41, 5.74) is 0.459. The van der Waals surface area contributed by atoms with Gasteiger partial charge in [-0.3, -0.25) is 4.79 Å². The van der Waals surface area contributed by atoms with Crippen LogP contribution in [0.2, 0.25) is 0 Å². The zero-order valence-corrected chi connectivity index (χ0v) is 10.8. The molecular weight excluding hydrogens is 214 g/mol. The lowest BCUT2D eigenvalue weighted by Gasteiger charge is -2.13. The number of amides is 1. The fraction of sp³-hybridized carbons (Fsp3) is 0.538. The molecule has 0 bridgehead atoms. The van der Waals surface area contributed by atoms with Crippen LogP contribution in [0.1, 0.15) is 43.6 Å². The highest BCUT2D eigenvalue weighted by atomic mass is 16.1. The van der Waals surface area contributed by atoms with Crippen molar-refractivity contribution >= 4 is 11.7 Å². The minimum atomic E-state index is -0.106. The lowest BCUT2D eigenvalue weighted by atomic mass is 10.1. The van der Waals surface area contributed by atoms with Crippen molar-refractivity contribution in [2.75, 3.05) is 12.4 Å². The van der Waals surface area contributed by atoms with Gasteiger partial charge in [-0.05, 0) is 25.5 Å². The van der Waals surface area contributed by atoms with Crippen molar-refractivity contribution in [3.8, 4) is 0 Å². The fourth-order valence-corrected chi connectivity index (χ4v) is 1.58. The average molecular weight is 235 g/mol. The van der Waals surface area contributed by atoms with Gasteiger partial charge in [0.15, 0.2) is 0 Å². The van der Waals surface area contributed by atoms with Gasteiger partial charge in [-0.25, -0.2) is 4.98 Å². The molecule has 0 saturated carbocycles. The molecule has 0 aromatic carbocycles. The van der Waals surface area contributed by atoms with Crippen LogP contribution in [0.25, 0.3) is 0 Å². The smallest absolute Gasteiger partial charge is 0.270 e. The Balaban J connectivity index is 2.56. The largest absolute Gasteiger partial charge is 0.373 e. The summed E-state index contributed by atoms with van der Waals surface area (Å²) in [5.74, 6) is 0.601. The van der Waals surface area contributed by atoms with Crippen molar-refractivity contribution in [3.05, 3.63) is 23.9 Å². The van der Waals surface area contributed by atoms with Gasteiger partial charge in [0.2, 0.25) is 0 Å². The van der Waals surface area contributed by atoms with E-state index in [-0.39, 0.29) is 11.9 Å². The van der Waals surface area contributed by atoms with E-state index in [0.29, 0.717) is 11.5 Å². The van der Waals surface area contributed by atoms with Crippen LogP contribution >= 0.6 is 0 Å². The van der Waals surface area contributed by atoms with Crippen molar-refractivity contribution in [1.82, 2.24) is 10.3 Å².